The van der Waals surface area contributed by atoms with Gasteiger partial charge in [-0.1, -0.05) is 0 Å². The molecule has 110 valence electrons. The number of nitrogens with zero attached hydrogens (tertiary/aromatic N) is 3. The number of halogens is 3. The van der Waals surface area contributed by atoms with Crippen molar-refractivity contribution in [2.75, 3.05) is 13.2 Å². The monoisotopic (exact) mass is 317 g/mol. The van der Waals surface area contributed by atoms with Crippen molar-refractivity contribution in [3.05, 3.63) is 5.82 Å². The van der Waals surface area contributed by atoms with E-state index >= 15 is 0 Å². The van der Waals surface area contributed by atoms with Gasteiger partial charge in [0.05, 0.1) is 6.61 Å². The van der Waals surface area contributed by atoms with E-state index in [1.165, 1.54) is 4.57 Å². The maximum Gasteiger partial charge on any atom is 0.296 e. The van der Waals surface area contributed by atoms with Crippen LogP contribution in [0, 0.1) is 0 Å². The van der Waals surface area contributed by atoms with E-state index in [-0.39, 0.29) is 24.2 Å². The maximum atomic E-state index is 11.9. The molecule has 0 saturated heterocycles. The van der Waals surface area contributed by atoms with Gasteiger partial charge in [0.15, 0.2) is 0 Å². The van der Waals surface area contributed by atoms with Crippen LogP contribution >= 0.6 is 10.7 Å². The molecule has 0 atom stereocenters. The molecule has 6 nitrogen and oxygen atoms in total. The lowest BCUT2D eigenvalue weighted by molar-refractivity contribution is 0.0180. The molecule has 0 fully saturated rings. The summed E-state index contributed by atoms with van der Waals surface area (Å²) in [4.78, 5) is 0. The minimum Gasteiger partial charge on any atom is -0.375 e. The van der Waals surface area contributed by atoms with Crippen molar-refractivity contribution in [3.8, 4) is 0 Å². The maximum absolute atomic E-state index is 11.9. The lowest BCUT2D eigenvalue weighted by Gasteiger charge is -2.12. The van der Waals surface area contributed by atoms with Gasteiger partial charge in [0.25, 0.3) is 20.6 Å². The van der Waals surface area contributed by atoms with Crippen molar-refractivity contribution in [1.82, 2.24) is 14.8 Å². The predicted molar refractivity (Wildman–Crippen MR) is 64.0 cm³/mol. The van der Waals surface area contributed by atoms with Gasteiger partial charge >= 0.3 is 0 Å². The first kappa shape index (κ1) is 16.3. The molecule has 19 heavy (non-hydrogen) atoms. The molecule has 1 heterocycles. The fraction of sp³-hybridized carbons (Fsp3) is 0.778. The third-order valence-corrected chi connectivity index (χ3v) is 3.31. The highest BCUT2D eigenvalue weighted by atomic mass is 35.7. The van der Waals surface area contributed by atoms with Gasteiger partial charge in [-0.2, -0.15) is 0 Å². The molecule has 0 amide bonds. The van der Waals surface area contributed by atoms with Gasteiger partial charge in [0.1, 0.15) is 12.4 Å². The molecule has 0 N–H and O–H groups in total. The lowest BCUT2D eigenvalue weighted by atomic mass is 10.3. The highest BCUT2D eigenvalue weighted by molar-refractivity contribution is 8.13. The molecule has 0 unspecified atom stereocenters. The van der Waals surface area contributed by atoms with Crippen molar-refractivity contribution >= 4 is 19.7 Å². The van der Waals surface area contributed by atoms with Crippen LogP contribution in [-0.2, 0) is 20.2 Å². The van der Waals surface area contributed by atoms with Crippen molar-refractivity contribution in [1.29, 1.82) is 0 Å². The predicted octanol–water partition coefficient (Wildman–Crippen LogP) is 1.61. The number of hydrogen-bond acceptors (Lipinski definition) is 5. The Morgan fingerprint density at radius 1 is 1.37 bits per heavy atom. The van der Waals surface area contributed by atoms with E-state index in [1.807, 2.05) is 0 Å². The standard InChI is InChI=1S/C9H14ClF2N3O3S/c1-6(2)15-8(3-4-18-5-7(11)12)13-14-9(15)19(10,16)17/h6-7H,3-5H2,1-2H3. The normalized spacial score (nSPS) is 12.6. The highest BCUT2D eigenvalue weighted by Gasteiger charge is 2.24. The van der Waals surface area contributed by atoms with Crippen LogP contribution in [0.25, 0.3) is 0 Å². The average Bonchev–Trinajstić information content (AvgIpc) is 2.67. The molecule has 0 aliphatic rings. The van der Waals surface area contributed by atoms with E-state index in [0.717, 1.165) is 0 Å². The van der Waals surface area contributed by atoms with Gasteiger partial charge in [0, 0.05) is 23.1 Å². The van der Waals surface area contributed by atoms with Crippen molar-refractivity contribution in [2.24, 2.45) is 0 Å². The largest absolute Gasteiger partial charge is 0.375 e. The molecule has 0 radical (unpaired) electrons. The molecule has 10 heteroatoms. The summed E-state index contributed by atoms with van der Waals surface area (Å²) >= 11 is 0. The zero-order valence-electron chi connectivity index (χ0n) is 10.4. The summed E-state index contributed by atoms with van der Waals surface area (Å²) < 4.78 is 52.4. The van der Waals surface area contributed by atoms with Crippen LogP contribution in [0.5, 0.6) is 0 Å². The van der Waals surface area contributed by atoms with Crippen LogP contribution in [0.1, 0.15) is 25.7 Å². The van der Waals surface area contributed by atoms with Gasteiger partial charge in [-0.15, -0.1) is 10.2 Å². The zero-order valence-corrected chi connectivity index (χ0v) is 12.0. The molecular formula is C9H14ClF2N3O3S. The molecule has 1 aromatic heterocycles. The quantitative estimate of drug-likeness (QED) is 0.564. The van der Waals surface area contributed by atoms with Crippen LogP contribution in [-0.4, -0.2) is 42.8 Å². The molecule has 0 spiro atoms. The molecule has 1 rings (SSSR count). The second-order valence-electron chi connectivity index (χ2n) is 4.02. The van der Waals surface area contributed by atoms with Crippen LogP contribution in [0.15, 0.2) is 5.16 Å². The number of rotatable bonds is 7. The summed E-state index contributed by atoms with van der Waals surface area (Å²) in [7, 11) is 1.24. The Bertz CT molecular complexity index is 519. The topological polar surface area (TPSA) is 74.1 Å². The minimum absolute atomic E-state index is 0.00245. The fourth-order valence-corrected chi connectivity index (χ4v) is 2.50. The van der Waals surface area contributed by atoms with E-state index in [1.54, 1.807) is 13.8 Å². The van der Waals surface area contributed by atoms with Gasteiger partial charge in [-0.05, 0) is 13.8 Å². The van der Waals surface area contributed by atoms with Gasteiger partial charge in [-0.3, -0.25) is 4.57 Å². The molecule has 0 aliphatic carbocycles. The van der Waals surface area contributed by atoms with Crippen molar-refractivity contribution in [3.63, 3.8) is 0 Å². The molecule has 0 bridgehead atoms. The first-order chi connectivity index (χ1) is 8.73. The first-order valence-electron chi connectivity index (χ1n) is 5.47. The Balaban J connectivity index is 2.82. The Labute approximate surface area is 114 Å². The number of alkyl halides is 2. The Morgan fingerprint density at radius 2 is 2.00 bits per heavy atom. The van der Waals surface area contributed by atoms with E-state index in [2.05, 4.69) is 10.2 Å². The zero-order chi connectivity index (χ0) is 14.6. The summed E-state index contributed by atoms with van der Waals surface area (Å²) in [6.45, 7) is 2.80. The summed E-state index contributed by atoms with van der Waals surface area (Å²) in [6, 6.07) is -0.233. The second-order valence-corrected chi connectivity index (χ2v) is 6.48. The lowest BCUT2D eigenvalue weighted by Crippen LogP contribution is -2.14. The molecular weight excluding hydrogens is 304 g/mol. The summed E-state index contributed by atoms with van der Waals surface area (Å²) in [6.07, 6.45) is -2.37. The summed E-state index contributed by atoms with van der Waals surface area (Å²) in [5.41, 5.74) is 0. The number of aromatic nitrogens is 3. The van der Waals surface area contributed by atoms with E-state index in [4.69, 9.17) is 15.4 Å². The summed E-state index contributed by atoms with van der Waals surface area (Å²) in [5.74, 6) is 0.323. The molecule has 1 aromatic rings. The van der Waals surface area contributed by atoms with Crippen LogP contribution in [0.4, 0.5) is 8.78 Å². The van der Waals surface area contributed by atoms with E-state index in [0.29, 0.717) is 5.82 Å². The van der Waals surface area contributed by atoms with Crippen LogP contribution < -0.4 is 0 Å². The van der Waals surface area contributed by atoms with Crippen LogP contribution in [0.3, 0.4) is 0 Å². The van der Waals surface area contributed by atoms with Gasteiger partial charge in [-0.25, -0.2) is 17.2 Å². The van der Waals surface area contributed by atoms with E-state index in [9.17, 15) is 17.2 Å². The van der Waals surface area contributed by atoms with Gasteiger partial charge in [0.2, 0.25) is 0 Å². The Hall–Kier alpha value is -0.800. The first-order valence-corrected chi connectivity index (χ1v) is 7.78. The van der Waals surface area contributed by atoms with Crippen molar-refractivity contribution in [2.45, 2.75) is 37.9 Å². The second kappa shape index (κ2) is 6.58. The van der Waals surface area contributed by atoms with Crippen molar-refractivity contribution < 1.29 is 21.9 Å². The Kier molecular flexibility index (Phi) is 5.63. The number of hydrogen-bond donors (Lipinski definition) is 0. The molecule has 0 aliphatic heterocycles. The molecule has 0 saturated carbocycles. The minimum atomic E-state index is -4.00. The average molecular weight is 318 g/mol. The molecule has 0 aromatic carbocycles. The number of ether oxygens (including phenoxy) is 1. The van der Waals surface area contributed by atoms with Crippen LogP contribution in [0.2, 0.25) is 0 Å². The van der Waals surface area contributed by atoms with Gasteiger partial charge < -0.3 is 4.74 Å². The fourth-order valence-electron chi connectivity index (χ4n) is 1.50. The SMILES string of the molecule is CC(C)n1c(CCOCC(F)F)nnc1S(=O)(=O)Cl. The summed E-state index contributed by atoms with van der Waals surface area (Å²) in [5, 5.41) is 6.86. The van der Waals surface area contributed by atoms with E-state index < -0.39 is 22.1 Å². The third kappa shape index (κ3) is 4.66. The third-order valence-electron chi connectivity index (χ3n) is 2.18. The highest BCUT2D eigenvalue weighted by Crippen LogP contribution is 2.19. The Morgan fingerprint density at radius 3 is 2.47 bits per heavy atom. The smallest absolute Gasteiger partial charge is 0.296 e.